The van der Waals surface area contributed by atoms with Crippen molar-refractivity contribution in [2.45, 2.75) is 87.0 Å². The van der Waals surface area contributed by atoms with Gasteiger partial charge in [0, 0.05) is 0 Å². The van der Waals surface area contributed by atoms with E-state index in [1.54, 1.807) is 0 Å². The first-order valence-electron chi connectivity index (χ1n) is 8.81. The van der Waals surface area contributed by atoms with Crippen LogP contribution in [-0.4, -0.2) is 0 Å². The van der Waals surface area contributed by atoms with Gasteiger partial charge in [0.15, 0.2) is 0 Å². The third-order valence-corrected chi connectivity index (χ3v) is 7.93. The molecule has 0 aromatic heterocycles. The maximum absolute atomic E-state index is 2.64. The third kappa shape index (κ3) is 1.92. The smallest absolute Gasteiger partial charge is 0.0218 e. The normalized spacial score (nSPS) is 48.5. The summed E-state index contributed by atoms with van der Waals surface area (Å²) in [4.78, 5) is 0. The predicted octanol–water partition coefficient (Wildman–Crippen LogP) is 6.30. The van der Waals surface area contributed by atoms with Crippen molar-refractivity contribution < 1.29 is 0 Å². The van der Waals surface area contributed by atoms with Crippen LogP contribution in [0.25, 0.3) is 0 Å². The van der Waals surface area contributed by atoms with Crippen LogP contribution in [0.2, 0.25) is 0 Å². The fourth-order valence-corrected chi connectivity index (χ4v) is 6.50. The first-order chi connectivity index (χ1) is 8.81. The lowest BCUT2D eigenvalue weighted by atomic mass is 9.50. The fourth-order valence-electron chi connectivity index (χ4n) is 6.50. The van der Waals surface area contributed by atoms with E-state index in [4.69, 9.17) is 0 Å². The van der Waals surface area contributed by atoms with Gasteiger partial charge in [0.05, 0.1) is 0 Å². The van der Waals surface area contributed by atoms with Crippen molar-refractivity contribution in [3.63, 3.8) is 0 Å². The van der Waals surface area contributed by atoms with E-state index in [9.17, 15) is 0 Å². The lowest BCUT2D eigenvalue weighted by molar-refractivity contribution is -0.0590. The molecule has 0 nitrogen and oxygen atoms in total. The Bertz CT molecular complexity index is 327. The molecular formula is C19H36. The van der Waals surface area contributed by atoms with Crippen molar-refractivity contribution >= 4 is 0 Å². The summed E-state index contributed by atoms with van der Waals surface area (Å²) in [5.41, 5.74) is 1.79. The van der Waals surface area contributed by atoms with Gasteiger partial charge in [0.1, 0.15) is 0 Å². The summed E-state index contributed by atoms with van der Waals surface area (Å²) in [7, 11) is 0. The van der Waals surface area contributed by atoms with Crippen LogP contribution in [0.15, 0.2) is 0 Å². The second kappa shape index (κ2) is 4.78. The van der Waals surface area contributed by atoms with Crippen LogP contribution < -0.4 is 0 Å². The maximum atomic E-state index is 2.64. The summed E-state index contributed by atoms with van der Waals surface area (Å²) in [5.74, 6) is 2.80. The van der Waals surface area contributed by atoms with Crippen molar-refractivity contribution in [3.05, 3.63) is 0 Å². The molecule has 0 aromatic rings. The summed E-state index contributed by atoms with van der Waals surface area (Å²) in [6.07, 6.45) is 8.48. The molecule has 2 aliphatic rings. The van der Waals surface area contributed by atoms with Gasteiger partial charge in [0.2, 0.25) is 0 Å². The predicted molar refractivity (Wildman–Crippen MR) is 85.2 cm³/mol. The lowest BCUT2D eigenvalue weighted by Crippen LogP contribution is -2.47. The van der Waals surface area contributed by atoms with E-state index in [0.717, 1.165) is 17.8 Å². The molecule has 0 spiro atoms. The van der Waals surface area contributed by atoms with Crippen molar-refractivity contribution in [1.29, 1.82) is 0 Å². The quantitative estimate of drug-likeness (QED) is 0.559. The van der Waals surface area contributed by atoms with Gasteiger partial charge in [-0.15, -0.1) is 0 Å². The Kier molecular flexibility index (Phi) is 3.87. The average Bonchev–Trinajstić information content (AvgIpc) is 3.02. The zero-order valence-electron chi connectivity index (χ0n) is 14.5. The van der Waals surface area contributed by atoms with E-state index < -0.39 is 0 Å². The van der Waals surface area contributed by atoms with E-state index >= 15 is 0 Å². The highest BCUT2D eigenvalue weighted by Crippen LogP contribution is 2.72. The number of fused-ring (bicyclic) bond motifs is 1. The van der Waals surface area contributed by atoms with Gasteiger partial charge >= 0.3 is 0 Å². The van der Waals surface area contributed by atoms with Gasteiger partial charge in [-0.25, -0.2) is 0 Å². The Morgan fingerprint density at radius 3 is 2.00 bits per heavy atom. The molecule has 0 N–H and O–H groups in total. The second-order valence-electron chi connectivity index (χ2n) is 8.39. The minimum Gasteiger partial charge on any atom is -0.0654 e. The Hall–Kier alpha value is 0. The van der Waals surface area contributed by atoms with Crippen LogP contribution in [0.3, 0.4) is 0 Å². The largest absolute Gasteiger partial charge is 0.0654 e. The van der Waals surface area contributed by atoms with Crippen molar-refractivity contribution in [2.24, 2.45) is 34.0 Å². The van der Waals surface area contributed by atoms with Crippen LogP contribution in [0.4, 0.5) is 0 Å². The average molecular weight is 264 g/mol. The molecule has 0 heteroatoms. The van der Waals surface area contributed by atoms with E-state index in [1.807, 2.05) is 0 Å². The summed E-state index contributed by atoms with van der Waals surface area (Å²) in [6, 6.07) is 0. The molecule has 2 aliphatic carbocycles. The topological polar surface area (TPSA) is 0 Å². The lowest BCUT2D eigenvalue weighted by Gasteiger charge is -2.55. The van der Waals surface area contributed by atoms with Gasteiger partial charge in [-0.1, -0.05) is 54.9 Å². The molecule has 112 valence electrons. The summed E-state index contributed by atoms with van der Waals surface area (Å²) in [6.45, 7) is 17.7. The minimum atomic E-state index is 0.543. The molecule has 5 atom stereocenters. The molecule has 0 amide bonds. The molecule has 0 aromatic carbocycles. The summed E-state index contributed by atoms with van der Waals surface area (Å²) < 4.78 is 0. The maximum Gasteiger partial charge on any atom is -0.0218 e. The Labute approximate surface area is 121 Å². The zero-order chi connectivity index (χ0) is 14.5. The second-order valence-corrected chi connectivity index (χ2v) is 8.39. The van der Waals surface area contributed by atoms with Crippen LogP contribution in [-0.2, 0) is 0 Å². The highest BCUT2D eigenvalue weighted by atomic mass is 14.7. The van der Waals surface area contributed by atoms with Crippen LogP contribution in [0, 0.1) is 34.0 Å². The number of hydrogen-bond acceptors (Lipinski definition) is 0. The van der Waals surface area contributed by atoms with Gasteiger partial charge in [-0.05, 0) is 66.1 Å². The molecule has 19 heavy (non-hydrogen) atoms. The third-order valence-electron chi connectivity index (χ3n) is 7.93. The monoisotopic (exact) mass is 264 g/mol. The van der Waals surface area contributed by atoms with Crippen molar-refractivity contribution in [3.8, 4) is 0 Å². The van der Waals surface area contributed by atoms with Crippen molar-refractivity contribution in [1.82, 2.24) is 0 Å². The molecule has 2 fully saturated rings. The molecule has 0 bridgehead atoms. The van der Waals surface area contributed by atoms with E-state index in [1.165, 1.54) is 38.5 Å². The van der Waals surface area contributed by atoms with E-state index in [-0.39, 0.29) is 0 Å². The Morgan fingerprint density at radius 2 is 1.53 bits per heavy atom. The SMILES string of the molecule is CCCC1(C)C(C)CC2(C)CC2C(C)C1(CC)CC. The molecule has 0 aliphatic heterocycles. The molecule has 0 heterocycles. The minimum absolute atomic E-state index is 0.543. The van der Waals surface area contributed by atoms with Gasteiger partial charge in [-0.3, -0.25) is 0 Å². The first kappa shape index (κ1) is 15.4. The fraction of sp³-hybridized carbons (Fsp3) is 1.00. The number of rotatable bonds is 4. The Morgan fingerprint density at radius 1 is 0.947 bits per heavy atom. The van der Waals surface area contributed by atoms with Gasteiger partial charge < -0.3 is 0 Å². The van der Waals surface area contributed by atoms with Crippen LogP contribution in [0.5, 0.6) is 0 Å². The Balaban J connectivity index is 2.48. The number of hydrogen-bond donors (Lipinski definition) is 0. The van der Waals surface area contributed by atoms with Crippen LogP contribution >= 0.6 is 0 Å². The standard InChI is InChI=1S/C19H36/c1-8-11-18(7)14(4)12-17(6)13-16(17)15(5)19(18,9-2)10-3/h14-16H,8-13H2,1-7H3. The zero-order valence-corrected chi connectivity index (χ0v) is 14.5. The first-order valence-corrected chi connectivity index (χ1v) is 8.81. The van der Waals surface area contributed by atoms with Gasteiger partial charge in [-0.2, -0.15) is 0 Å². The molecule has 0 radical (unpaired) electrons. The molecule has 0 saturated heterocycles. The highest BCUT2D eigenvalue weighted by molar-refractivity contribution is 5.13. The molecule has 2 saturated carbocycles. The molecule has 5 unspecified atom stereocenters. The van der Waals surface area contributed by atoms with Gasteiger partial charge in [0.25, 0.3) is 0 Å². The summed E-state index contributed by atoms with van der Waals surface area (Å²) in [5, 5.41) is 0. The van der Waals surface area contributed by atoms with E-state index in [2.05, 4.69) is 48.5 Å². The van der Waals surface area contributed by atoms with Crippen molar-refractivity contribution in [2.75, 3.05) is 0 Å². The van der Waals surface area contributed by atoms with Crippen LogP contribution in [0.1, 0.15) is 87.0 Å². The molecule has 2 rings (SSSR count). The molecular weight excluding hydrogens is 228 g/mol. The van der Waals surface area contributed by atoms with E-state index in [0.29, 0.717) is 16.2 Å². The summed E-state index contributed by atoms with van der Waals surface area (Å²) >= 11 is 0. The highest BCUT2D eigenvalue weighted by Gasteiger charge is 2.65.